The van der Waals surface area contributed by atoms with Gasteiger partial charge in [-0.05, 0) is 103 Å². The topological polar surface area (TPSA) is 308 Å². The van der Waals surface area contributed by atoms with E-state index in [-0.39, 0.29) is 63.2 Å². The molecule has 0 bridgehead atoms. The molecule has 13 atom stereocenters. The van der Waals surface area contributed by atoms with Gasteiger partial charge in [-0.2, -0.15) is 0 Å². The second-order valence-electron chi connectivity index (χ2n) is 26.2. The van der Waals surface area contributed by atoms with Crippen molar-refractivity contribution in [2.75, 3.05) is 68.6 Å². The third kappa shape index (κ3) is 22.9. The van der Waals surface area contributed by atoms with Crippen LogP contribution in [0, 0.1) is 35.5 Å². The molecule has 1 aliphatic rings. The maximum atomic E-state index is 15.2. The zero-order valence-corrected chi connectivity index (χ0v) is 58.0. The molecule has 0 aromatic carbocycles. The molecule has 1 rings (SSSR count). The van der Waals surface area contributed by atoms with Gasteiger partial charge >= 0.3 is 0 Å². The zero-order chi connectivity index (χ0) is 68.8. The molecule has 0 aromatic heterocycles. The molecule has 0 radical (unpaired) electrons. The number of aliphatic hydroxyl groups excluding tert-OH is 2. The average Bonchev–Trinajstić information content (AvgIpc) is 2.33. The van der Waals surface area contributed by atoms with Crippen molar-refractivity contribution in [1.82, 2.24) is 55.6 Å². The van der Waals surface area contributed by atoms with Crippen LogP contribution in [0.4, 0.5) is 0 Å². The number of rotatable bonds is 19. The Bertz CT molecular complexity index is 2400. The SMILES string of the molecule is C/C=C/[C@@H](C)[C@@H](O)[C@H]1C(=O)N[C@@H](CC)C(=O)N(CC)CC(=O)N(C)C([C@@H](C)OCCCCO)C(=O)N[C@@H](C(C)C)C(=O)N(C)[C@@H](CC(C)C)C(=O)N[C@@H](C)C(=O)N[C@H](C)C(=O)N(C)[C@@H](CC(C)C)C(=O)N(C)[C@@H](CC(C)C)C(=O)N(C)[C@@H](C(C)C)C(=O)N1C. The molecule has 11 amide bonds. The molecule has 0 aliphatic carbocycles. The van der Waals surface area contributed by atoms with Gasteiger partial charge in [0.15, 0.2) is 0 Å². The fourth-order valence-corrected chi connectivity index (χ4v) is 11.1. The number of nitrogens with one attached hydrogen (secondary N) is 4. The minimum absolute atomic E-state index is 0.0110. The van der Waals surface area contributed by atoms with E-state index in [1.165, 1.54) is 80.6 Å². The van der Waals surface area contributed by atoms with Crippen LogP contribution in [0.2, 0.25) is 0 Å². The first kappa shape index (κ1) is 80.8. The lowest BCUT2D eigenvalue weighted by molar-refractivity contribution is -0.157. The molecule has 1 aliphatic heterocycles. The first-order valence-electron chi connectivity index (χ1n) is 31.9. The molecule has 6 N–H and O–H groups in total. The fourth-order valence-electron chi connectivity index (χ4n) is 11.1. The van der Waals surface area contributed by atoms with Crippen molar-refractivity contribution >= 4 is 65.0 Å². The number of amides is 11. The lowest BCUT2D eigenvalue weighted by Gasteiger charge is -2.41. The second kappa shape index (κ2) is 37.8. The molecule has 1 saturated heterocycles. The van der Waals surface area contributed by atoms with Gasteiger partial charge in [-0.25, -0.2) is 0 Å². The monoisotopic (exact) mass is 1260 g/mol. The normalized spacial score (nSPS) is 26.5. The van der Waals surface area contributed by atoms with Crippen LogP contribution in [0.1, 0.15) is 156 Å². The van der Waals surface area contributed by atoms with E-state index >= 15 is 9.59 Å². The van der Waals surface area contributed by atoms with Gasteiger partial charge in [0, 0.05) is 68.0 Å². The van der Waals surface area contributed by atoms with Crippen LogP contribution < -0.4 is 21.3 Å². The number of likely N-dealkylation sites (N-methyl/N-ethyl adjacent to an activating group) is 7. The van der Waals surface area contributed by atoms with E-state index in [4.69, 9.17) is 4.74 Å². The van der Waals surface area contributed by atoms with Crippen molar-refractivity contribution < 1.29 is 67.7 Å². The van der Waals surface area contributed by atoms with E-state index in [9.17, 15) is 53.4 Å². The molecule has 0 spiro atoms. The van der Waals surface area contributed by atoms with E-state index in [1.54, 1.807) is 74.5 Å². The molecule has 25 heteroatoms. The number of unbranched alkanes of at least 4 members (excludes halogenated alkanes) is 1. The standard InChI is InChI=1S/C64H115N11O14/c1-24-29-41(14)54(78)53-58(82)67-45(25-2)60(84)75(26-3)35-49(77)72(21)52(44(17)89-31-28-27-30-76)57(81)68-50(39(10)11)63(87)69(18)46(32-36(4)5)56(80)65-42(15)55(79)66-43(16)59(83)70(19)47(33-37(6)7)61(85)71(20)48(34-38(8)9)62(86)73(22)51(40(12)13)64(88)74(53)23/h24,29,36-48,50-54,76,78H,25-28,30-35H2,1-23H3,(H,65,80)(H,66,79)(H,67,82)(H,68,81)/b29-24+/t41-,42+,43-,44-,45+,46+,47+,48+,50+,51+,52?,53+,54-/m1/s1. The van der Waals surface area contributed by atoms with Crippen LogP contribution in [0.5, 0.6) is 0 Å². The van der Waals surface area contributed by atoms with Gasteiger partial charge in [0.2, 0.25) is 65.0 Å². The van der Waals surface area contributed by atoms with Crippen molar-refractivity contribution in [3.05, 3.63) is 12.2 Å². The summed E-state index contributed by atoms with van der Waals surface area (Å²) in [6.07, 6.45) is 1.92. The quantitative estimate of drug-likeness (QED) is 0.0800. The number of hydrogen-bond donors (Lipinski definition) is 6. The molecule has 0 aromatic rings. The second-order valence-corrected chi connectivity index (χ2v) is 26.2. The molecule has 1 heterocycles. The molecule has 0 saturated carbocycles. The van der Waals surface area contributed by atoms with Crippen LogP contribution in [0.3, 0.4) is 0 Å². The maximum absolute atomic E-state index is 15.2. The Hall–Kier alpha value is -6.21. The van der Waals surface area contributed by atoms with Gasteiger partial charge in [-0.3, -0.25) is 52.7 Å². The van der Waals surface area contributed by atoms with Gasteiger partial charge in [0.25, 0.3) is 0 Å². The Morgan fingerprint density at radius 2 is 0.989 bits per heavy atom. The third-order valence-electron chi connectivity index (χ3n) is 16.7. The lowest BCUT2D eigenvalue weighted by Crippen LogP contribution is -2.63. The van der Waals surface area contributed by atoms with Crippen molar-refractivity contribution in [3.8, 4) is 0 Å². The number of allylic oxidation sites excluding steroid dienone is 1. The van der Waals surface area contributed by atoms with Crippen LogP contribution in [-0.2, 0) is 57.5 Å². The summed E-state index contributed by atoms with van der Waals surface area (Å²) < 4.78 is 6.08. The van der Waals surface area contributed by atoms with Gasteiger partial charge < -0.3 is 70.5 Å². The van der Waals surface area contributed by atoms with Gasteiger partial charge in [-0.15, -0.1) is 0 Å². The highest BCUT2D eigenvalue weighted by Crippen LogP contribution is 2.25. The molecular weight excluding hydrogens is 1150 g/mol. The number of carbonyl (C=O) groups is 11. The summed E-state index contributed by atoms with van der Waals surface area (Å²) in [5.41, 5.74) is 0. The van der Waals surface area contributed by atoms with Crippen LogP contribution in [-0.4, -0.2) is 251 Å². The van der Waals surface area contributed by atoms with Crippen molar-refractivity contribution in [2.45, 2.75) is 229 Å². The number of hydrogen-bond acceptors (Lipinski definition) is 14. The summed E-state index contributed by atoms with van der Waals surface area (Å²) in [6.45, 7) is 28.3. The highest BCUT2D eigenvalue weighted by molar-refractivity contribution is 5.99. The minimum atomic E-state index is -1.66. The average molecular weight is 1260 g/mol. The Balaban J connectivity index is 4.41. The van der Waals surface area contributed by atoms with E-state index < -0.39 is 162 Å². The number of carbonyl (C=O) groups excluding carboxylic acids is 11. The predicted molar refractivity (Wildman–Crippen MR) is 341 cm³/mol. The summed E-state index contributed by atoms with van der Waals surface area (Å²) in [5.74, 6) is -10.3. The fraction of sp³-hybridized carbons (Fsp3) is 0.797. The largest absolute Gasteiger partial charge is 0.396 e. The zero-order valence-electron chi connectivity index (χ0n) is 58.0. The first-order chi connectivity index (χ1) is 41.3. The Morgan fingerprint density at radius 3 is 1.46 bits per heavy atom. The minimum Gasteiger partial charge on any atom is -0.396 e. The van der Waals surface area contributed by atoms with Crippen molar-refractivity contribution in [3.63, 3.8) is 0 Å². The first-order valence-corrected chi connectivity index (χ1v) is 31.9. The molecule has 89 heavy (non-hydrogen) atoms. The van der Waals surface area contributed by atoms with Crippen LogP contribution in [0.25, 0.3) is 0 Å². The van der Waals surface area contributed by atoms with Crippen molar-refractivity contribution in [2.24, 2.45) is 35.5 Å². The van der Waals surface area contributed by atoms with Crippen LogP contribution >= 0.6 is 0 Å². The summed E-state index contributed by atoms with van der Waals surface area (Å²) in [5, 5.41) is 32.5. The predicted octanol–water partition coefficient (Wildman–Crippen LogP) is 2.40. The Labute approximate surface area is 531 Å². The summed E-state index contributed by atoms with van der Waals surface area (Å²) in [4.78, 5) is 170. The highest BCUT2D eigenvalue weighted by atomic mass is 16.5. The third-order valence-corrected chi connectivity index (χ3v) is 16.7. The summed E-state index contributed by atoms with van der Waals surface area (Å²) >= 11 is 0. The van der Waals surface area contributed by atoms with Crippen molar-refractivity contribution in [1.29, 1.82) is 0 Å². The summed E-state index contributed by atoms with van der Waals surface area (Å²) in [6, 6.07) is -13.0. The lowest BCUT2D eigenvalue weighted by atomic mass is 9.93. The van der Waals surface area contributed by atoms with E-state index in [0.29, 0.717) is 12.8 Å². The Kier molecular flexibility index (Phi) is 34.3. The molecule has 1 unspecified atom stereocenters. The molecule has 1 fully saturated rings. The summed E-state index contributed by atoms with van der Waals surface area (Å²) in [7, 11) is 8.40. The maximum Gasteiger partial charge on any atom is 0.246 e. The van der Waals surface area contributed by atoms with Crippen LogP contribution in [0.15, 0.2) is 12.2 Å². The number of ether oxygens (including phenoxy) is 1. The van der Waals surface area contributed by atoms with E-state index in [1.807, 2.05) is 41.5 Å². The smallest absolute Gasteiger partial charge is 0.246 e. The molecule has 510 valence electrons. The van der Waals surface area contributed by atoms with Gasteiger partial charge in [0.05, 0.1) is 18.8 Å². The number of aliphatic hydroxyl groups is 2. The van der Waals surface area contributed by atoms with E-state index in [0.717, 1.165) is 9.80 Å². The Morgan fingerprint density at radius 1 is 0.517 bits per heavy atom. The number of nitrogens with zero attached hydrogens (tertiary/aromatic N) is 7. The highest BCUT2D eigenvalue weighted by Gasteiger charge is 2.46. The van der Waals surface area contributed by atoms with Gasteiger partial charge in [0.1, 0.15) is 60.4 Å². The van der Waals surface area contributed by atoms with Gasteiger partial charge in [-0.1, -0.05) is 95.2 Å². The molecular formula is C64H115N11O14. The molecule has 25 nitrogen and oxygen atoms in total. The van der Waals surface area contributed by atoms with E-state index in [2.05, 4.69) is 21.3 Å².